The Morgan fingerprint density at radius 3 is 2.33 bits per heavy atom. The highest BCUT2D eigenvalue weighted by molar-refractivity contribution is 5.63. The number of nitrogens with zero attached hydrogens (tertiary/aromatic N) is 3. The molecule has 0 bridgehead atoms. The van der Waals surface area contributed by atoms with Crippen molar-refractivity contribution in [3.05, 3.63) is 36.0 Å². The molecule has 0 amide bonds. The molecule has 0 saturated carbocycles. The van der Waals surface area contributed by atoms with E-state index in [1.54, 1.807) is 24.3 Å². The molecule has 1 aromatic carbocycles. The Morgan fingerprint density at radius 2 is 1.74 bits per heavy atom. The zero-order valence-electron chi connectivity index (χ0n) is 15.7. The molecule has 1 aromatic heterocycles. The van der Waals surface area contributed by atoms with Gasteiger partial charge in [-0.2, -0.15) is 18.2 Å². The van der Waals surface area contributed by atoms with Crippen molar-refractivity contribution in [3.8, 4) is 11.8 Å². The minimum Gasteiger partial charge on any atom is -0.494 e. The fourth-order valence-electron chi connectivity index (χ4n) is 2.45. The normalized spacial score (nSPS) is 11.3. The highest BCUT2D eigenvalue weighted by Crippen LogP contribution is 2.37. The molecule has 0 N–H and O–H groups in total. The first-order valence-electron chi connectivity index (χ1n) is 8.90. The summed E-state index contributed by atoms with van der Waals surface area (Å²) in [5.74, 6) is 0.389. The van der Waals surface area contributed by atoms with Gasteiger partial charge in [-0.3, -0.25) is 0 Å². The van der Waals surface area contributed by atoms with E-state index in [0.29, 0.717) is 24.7 Å². The van der Waals surface area contributed by atoms with Gasteiger partial charge in [0.15, 0.2) is 5.82 Å². The maximum atomic E-state index is 13.4. The number of ether oxygens (including phenoxy) is 2. The molecule has 0 fully saturated rings. The van der Waals surface area contributed by atoms with Crippen molar-refractivity contribution in [2.75, 3.05) is 25.2 Å². The number of hydrogen-bond acceptors (Lipinski definition) is 5. The molecule has 0 aliphatic heterocycles. The Hall–Kier alpha value is -2.51. The quantitative estimate of drug-likeness (QED) is 0.555. The highest BCUT2D eigenvalue weighted by atomic mass is 19.4. The maximum absolute atomic E-state index is 13.4. The minimum absolute atomic E-state index is 0.0631. The number of hydrogen-bond donors (Lipinski definition) is 0. The summed E-state index contributed by atoms with van der Waals surface area (Å²) in [5.41, 5.74) is -0.376. The molecule has 0 spiro atoms. The predicted octanol–water partition coefficient (Wildman–Crippen LogP) is 5.23. The van der Waals surface area contributed by atoms with Gasteiger partial charge in [0.05, 0.1) is 13.2 Å². The average molecular weight is 383 g/mol. The second-order valence-electron chi connectivity index (χ2n) is 5.93. The number of alkyl halides is 3. The van der Waals surface area contributed by atoms with Gasteiger partial charge < -0.3 is 14.4 Å². The Morgan fingerprint density at radius 1 is 1.04 bits per heavy atom. The first-order valence-corrected chi connectivity index (χ1v) is 8.90. The molecule has 0 radical (unpaired) electrons. The number of unbranched alkanes of at least 4 members (excludes halogenated alkanes) is 2. The number of rotatable bonds is 9. The molecule has 0 atom stereocenters. The number of aromatic nitrogens is 2. The second-order valence-corrected chi connectivity index (χ2v) is 5.93. The van der Waals surface area contributed by atoms with Crippen molar-refractivity contribution in [1.29, 1.82) is 0 Å². The van der Waals surface area contributed by atoms with Crippen LogP contribution in [0.4, 0.5) is 24.7 Å². The molecule has 27 heavy (non-hydrogen) atoms. The zero-order valence-corrected chi connectivity index (χ0v) is 15.7. The van der Waals surface area contributed by atoms with E-state index < -0.39 is 11.7 Å². The predicted molar refractivity (Wildman–Crippen MR) is 97.7 cm³/mol. The van der Waals surface area contributed by atoms with Gasteiger partial charge in [-0.1, -0.05) is 19.8 Å². The highest BCUT2D eigenvalue weighted by Gasteiger charge is 2.36. The van der Waals surface area contributed by atoms with Crippen molar-refractivity contribution in [2.24, 2.45) is 0 Å². The molecule has 0 saturated heterocycles. The lowest BCUT2D eigenvalue weighted by Crippen LogP contribution is -2.19. The van der Waals surface area contributed by atoms with E-state index in [4.69, 9.17) is 9.47 Å². The third kappa shape index (κ3) is 5.74. The topological polar surface area (TPSA) is 47.5 Å². The van der Waals surface area contributed by atoms with Crippen LogP contribution in [-0.4, -0.2) is 30.2 Å². The molecule has 2 aromatic rings. The third-order valence-electron chi connectivity index (χ3n) is 3.88. The summed E-state index contributed by atoms with van der Waals surface area (Å²) in [5, 5.41) is 0. The van der Waals surface area contributed by atoms with Gasteiger partial charge in [0, 0.05) is 18.9 Å². The molecular weight excluding hydrogens is 359 g/mol. The molecule has 8 heteroatoms. The summed E-state index contributed by atoms with van der Waals surface area (Å²) in [6.45, 7) is 4.79. The molecule has 1 heterocycles. The molecule has 148 valence electrons. The van der Waals surface area contributed by atoms with Gasteiger partial charge in [0.1, 0.15) is 11.3 Å². The summed E-state index contributed by atoms with van der Waals surface area (Å²) in [6, 6.07) is 6.69. The Bertz CT molecular complexity index is 721. The fraction of sp³-hybridized carbons (Fsp3) is 0.474. The molecule has 2 rings (SSSR count). The van der Waals surface area contributed by atoms with Gasteiger partial charge in [-0.15, -0.1) is 0 Å². The maximum Gasteiger partial charge on any atom is 0.421 e. The zero-order chi connectivity index (χ0) is 19.9. The van der Waals surface area contributed by atoms with Crippen LogP contribution in [-0.2, 0) is 6.18 Å². The van der Waals surface area contributed by atoms with Crippen LogP contribution in [0.5, 0.6) is 11.8 Å². The average Bonchev–Trinajstić information content (AvgIpc) is 2.64. The summed E-state index contributed by atoms with van der Waals surface area (Å²) < 4.78 is 51.0. The van der Waals surface area contributed by atoms with Crippen LogP contribution in [0.15, 0.2) is 30.5 Å². The number of halogens is 3. The minimum atomic E-state index is -4.57. The van der Waals surface area contributed by atoms with Crippen LogP contribution in [0.2, 0.25) is 0 Å². The second kappa shape index (κ2) is 9.43. The fourth-order valence-corrected chi connectivity index (χ4v) is 2.45. The van der Waals surface area contributed by atoms with Crippen LogP contribution in [0, 0.1) is 0 Å². The lowest BCUT2D eigenvalue weighted by atomic mass is 10.2. The largest absolute Gasteiger partial charge is 0.494 e. The molecule has 5 nitrogen and oxygen atoms in total. The van der Waals surface area contributed by atoms with E-state index in [1.165, 1.54) is 11.9 Å². The Balaban J connectivity index is 2.29. The van der Waals surface area contributed by atoms with E-state index in [2.05, 4.69) is 16.9 Å². The van der Waals surface area contributed by atoms with Crippen molar-refractivity contribution < 1.29 is 22.6 Å². The third-order valence-corrected chi connectivity index (χ3v) is 3.88. The monoisotopic (exact) mass is 383 g/mol. The van der Waals surface area contributed by atoms with Crippen molar-refractivity contribution in [3.63, 3.8) is 0 Å². The van der Waals surface area contributed by atoms with E-state index in [1.807, 2.05) is 6.92 Å². The van der Waals surface area contributed by atoms with Crippen LogP contribution in [0.1, 0.15) is 38.7 Å². The summed E-state index contributed by atoms with van der Waals surface area (Å²) in [7, 11) is 1.52. The van der Waals surface area contributed by atoms with Gasteiger partial charge in [0.25, 0.3) is 0 Å². The standard InChI is InChI=1S/C19H24F3N3O2/c1-4-6-7-12-27-18-23-13-16(19(20,21)22)17(24-18)25(3)14-8-10-15(11-9-14)26-5-2/h8-11,13H,4-7,12H2,1-3H3. The van der Waals surface area contributed by atoms with Crippen LogP contribution >= 0.6 is 0 Å². The van der Waals surface area contributed by atoms with Crippen molar-refractivity contribution in [2.45, 2.75) is 39.3 Å². The van der Waals surface area contributed by atoms with E-state index in [-0.39, 0.29) is 11.8 Å². The number of anilines is 2. The lowest BCUT2D eigenvalue weighted by molar-refractivity contribution is -0.137. The molecule has 0 aliphatic carbocycles. The first kappa shape index (κ1) is 20.8. The van der Waals surface area contributed by atoms with Gasteiger partial charge in [0.2, 0.25) is 0 Å². The van der Waals surface area contributed by atoms with Crippen molar-refractivity contribution in [1.82, 2.24) is 9.97 Å². The smallest absolute Gasteiger partial charge is 0.421 e. The Kier molecular flexibility index (Phi) is 7.27. The Labute approximate surface area is 157 Å². The molecular formula is C19H24F3N3O2. The van der Waals surface area contributed by atoms with Gasteiger partial charge in [-0.05, 0) is 37.6 Å². The number of benzene rings is 1. The first-order chi connectivity index (χ1) is 12.9. The van der Waals surface area contributed by atoms with E-state index >= 15 is 0 Å². The van der Waals surface area contributed by atoms with Gasteiger partial charge in [-0.25, -0.2) is 4.98 Å². The van der Waals surface area contributed by atoms with Crippen LogP contribution in [0.3, 0.4) is 0 Å². The summed E-state index contributed by atoms with van der Waals surface area (Å²) >= 11 is 0. The summed E-state index contributed by atoms with van der Waals surface area (Å²) in [4.78, 5) is 9.09. The summed E-state index contributed by atoms with van der Waals surface area (Å²) in [6.07, 6.45) is -1.02. The van der Waals surface area contributed by atoms with Crippen LogP contribution in [0.25, 0.3) is 0 Å². The van der Waals surface area contributed by atoms with E-state index in [9.17, 15) is 13.2 Å². The lowest BCUT2D eigenvalue weighted by Gasteiger charge is -2.22. The SMILES string of the molecule is CCCCCOc1ncc(C(F)(F)F)c(N(C)c2ccc(OCC)cc2)n1. The molecule has 0 unspecified atom stereocenters. The van der Waals surface area contributed by atoms with Crippen molar-refractivity contribution >= 4 is 11.5 Å². The van der Waals surface area contributed by atoms with E-state index in [0.717, 1.165) is 25.5 Å². The van der Waals surface area contributed by atoms with Crippen LogP contribution < -0.4 is 14.4 Å². The molecule has 0 aliphatic rings. The van der Waals surface area contributed by atoms with Gasteiger partial charge >= 0.3 is 12.2 Å².